The van der Waals surface area contributed by atoms with Crippen LogP contribution in [0.15, 0.2) is 48.9 Å². The van der Waals surface area contributed by atoms with Crippen LogP contribution in [0.4, 0.5) is 0 Å². The summed E-state index contributed by atoms with van der Waals surface area (Å²) < 4.78 is 20.6. The normalized spacial score (nSPS) is 11.0. The van der Waals surface area contributed by atoms with Gasteiger partial charge in [0, 0.05) is 42.3 Å². The molecule has 0 aliphatic carbocycles. The van der Waals surface area contributed by atoms with E-state index < -0.39 is 0 Å². The first-order valence-corrected chi connectivity index (χ1v) is 8.94. The van der Waals surface area contributed by atoms with E-state index >= 15 is 0 Å². The molecule has 0 N–H and O–H groups in total. The summed E-state index contributed by atoms with van der Waals surface area (Å²) in [5, 5.41) is 1.18. The van der Waals surface area contributed by atoms with Crippen molar-refractivity contribution in [3.8, 4) is 39.8 Å². The summed E-state index contributed by atoms with van der Waals surface area (Å²) in [6.45, 7) is 0. The molecule has 144 valence electrons. The monoisotopic (exact) mass is 377 g/mol. The minimum absolute atomic E-state index is 0.572. The lowest BCUT2D eigenvalue weighted by atomic mass is 10.0. The number of benzene rings is 2. The summed E-state index contributed by atoms with van der Waals surface area (Å²) in [5.74, 6) is 1.80. The van der Waals surface area contributed by atoms with Gasteiger partial charge < -0.3 is 23.3 Å². The second-order valence-corrected chi connectivity index (χ2v) is 6.67. The Balaban J connectivity index is 1.91. The van der Waals surface area contributed by atoms with Crippen LogP contribution < -0.4 is 14.2 Å². The van der Waals surface area contributed by atoms with Crippen LogP contribution in [0.25, 0.3) is 33.4 Å². The van der Waals surface area contributed by atoms with Gasteiger partial charge in [-0.05, 0) is 30.3 Å². The summed E-state index contributed by atoms with van der Waals surface area (Å²) in [7, 11) is 8.87. The van der Waals surface area contributed by atoms with Gasteiger partial charge in [-0.25, -0.2) is 4.98 Å². The van der Waals surface area contributed by atoms with E-state index in [9.17, 15) is 0 Å². The quantitative estimate of drug-likeness (QED) is 0.521. The Kier molecular flexibility index (Phi) is 4.47. The molecule has 0 fully saturated rings. The standard InChI is InChI=1S/C22H23N3O3/c1-24-9-8-14-10-15(6-7-17(14)24)20-21(25(2)13-23-20)16-11-18(26-3)22(28-5)19(12-16)27-4/h6-13H,1-5H3. The van der Waals surface area contributed by atoms with Gasteiger partial charge in [-0.15, -0.1) is 0 Å². The molecule has 6 nitrogen and oxygen atoms in total. The predicted octanol–water partition coefficient (Wildman–Crippen LogP) is 4.27. The fourth-order valence-electron chi connectivity index (χ4n) is 3.63. The van der Waals surface area contributed by atoms with E-state index in [1.165, 1.54) is 10.9 Å². The number of fused-ring (bicyclic) bond motifs is 1. The molecule has 0 unspecified atom stereocenters. The van der Waals surface area contributed by atoms with Crippen molar-refractivity contribution in [2.75, 3.05) is 21.3 Å². The molecule has 0 atom stereocenters. The van der Waals surface area contributed by atoms with E-state index in [-0.39, 0.29) is 0 Å². The lowest BCUT2D eigenvalue weighted by molar-refractivity contribution is 0.324. The fraction of sp³-hybridized carbons (Fsp3) is 0.227. The highest BCUT2D eigenvalue weighted by molar-refractivity contribution is 5.88. The van der Waals surface area contributed by atoms with Crippen molar-refractivity contribution >= 4 is 10.9 Å². The average Bonchev–Trinajstić information content (AvgIpc) is 3.29. The van der Waals surface area contributed by atoms with Gasteiger partial charge in [-0.2, -0.15) is 0 Å². The molecule has 0 amide bonds. The van der Waals surface area contributed by atoms with Crippen molar-refractivity contribution in [1.29, 1.82) is 0 Å². The van der Waals surface area contributed by atoms with E-state index in [0.717, 1.165) is 22.5 Å². The Labute approximate surface area is 163 Å². The SMILES string of the molecule is COc1cc(-c2c(-c3ccc4c(ccn4C)c3)ncn2C)cc(OC)c1OC. The first-order valence-electron chi connectivity index (χ1n) is 8.94. The van der Waals surface area contributed by atoms with Gasteiger partial charge in [0.25, 0.3) is 0 Å². The molecule has 0 aliphatic heterocycles. The molecule has 2 aromatic heterocycles. The number of hydrogen-bond acceptors (Lipinski definition) is 4. The van der Waals surface area contributed by atoms with Crippen molar-refractivity contribution in [2.24, 2.45) is 14.1 Å². The molecule has 4 rings (SSSR count). The summed E-state index contributed by atoms with van der Waals surface area (Å²) in [6, 6.07) is 12.4. The van der Waals surface area contributed by atoms with E-state index in [4.69, 9.17) is 14.2 Å². The molecule has 0 saturated heterocycles. The van der Waals surface area contributed by atoms with Crippen LogP contribution in [-0.2, 0) is 14.1 Å². The molecule has 2 heterocycles. The van der Waals surface area contributed by atoms with Crippen LogP contribution in [0.5, 0.6) is 17.2 Å². The largest absolute Gasteiger partial charge is 0.493 e. The number of imidazole rings is 1. The van der Waals surface area contributed by atoms with Gasteiger partial charge in [0.15, 0.2) is 11.5 Å². The van der Waals surface area contributed by atoms with Crippen molar-refractivity contribution in [3.63, 3.8) is 0 Å². The van der Waals surface area contributed by atoms with Crippen molar-refractivity contribution in [3.05, 3.63) is 48.9 Å². The maximum absolute atomic E-state index is 5.53. The highest BCUT2D eigenvalue weighted by Gasteiger charge is 2.19. The molecule has 6 heteroatoms. The highest BCUT2D eigenvalue weighted by Crippen LogP contribution is 2.43. The second-order valence-electron chi connectivity index (χ2n) is 6.67. The maximum Gasteiger partial charge on any atom is 0.203 e. The first kappa shape index (κ1) is 18.0. The van der Waals surface area contributed by atoms with E-state index in [1.807, 2.05) is 37.1 Å². The van der Waals surface area contributed by atoms with Gasteiger partial charge in [0.1, 0.15) is 0 Å². The number of methoxy groups -OCH3 is 3. The number of nitrogens with zero attached hydrogens (tertiary/aromatic N) is 3. The number of aryl methyl sites for hydroxylation is 2. The fourth-order valence-corrected chi connectivity index (χ4v) is 3.63. The Bertz CT molecular complexity index is 1130. The molecule has 28 heavy (non-hydrogen) atoms. The van der Waals surface area contributed by atoms with Crippen LogP contribution >= 0.6 is 0 Å². The molecule has 0 radical (unpaired) electrons. The zero-order valence-electron chi connectivity index (χ0n) is 16.7. The third-order valence-corrected chi connectivity index (χ3v) is 5.03. The average molecular weight is 377 g/mol. The molecule has 4 aromatic rings. The summed E-state index contributed by atoms with van der Waals surface area (Å²) in [4.78, 5) is 4.67. The van der Waals surface area contributed by atoms with Crippen LogP contribution in [0.2, 0.25) is 0 Å². The van der Waals surface area contributed by atoms with Crippen LogP contribution in [-0.4, -0.2) is 35.4 Å². The molecule has 0 saturated carbocycles. The van der Waals surface area contributed by atoms with Gasteiger partial charge in [-0.1, -0.05) is 6.07 Å². The van der Waals surface area contributed by atoms with Gasteiger partial charge in [0.2, 0.25) is 5.75 Å². The highest BCUT2D eigenvalue weighted by atomic mass is 16.5. The Morgan fingerprint density at radius 1 is 0.786 bits per heavy atom. The number of rotatable bonds is 5. The van der Waals surface area contributed by atoms with Gasteiger partial charge in [-0.3, -0.25) is 0 Å². The molecule has 0 bridgehead atoms. The summed E-state index contributed by atoms with van der Waals surface area (Å²) >= 11 is 0. The van der Waals surface area contributed by atoms with Crippen LogP contribution in [0, 0.1) is 0 Å². The zero-order chi connectivity index (χ0) is 19.8. The number of aromatic nitrogens is 3. The minimum atomic E-state index is 0.572. The summed E-state index contributed by atoms with van der Waals surface area (Å²) in [5.41, 5.74) is 5.08. The lowest BCUT2D eigenvalue weighted by Crippen LogP contribution is -1.98. The molecule has 0 spiro atoms. The maximum atomic E-state index is 5.53. The third-order valence-electron chi connectivity index (χ3n) is 5.03. The Morgan fingerprint density at radius 2 is 1.50 bits per heavy atom. The van der Waals surface area contributed by atoms with E-state index in [2.05, 4.69) is 40.0 Å². The van der Waals surface area contributed by atoms with Crippen molar-refractivity contribution in [2.45, 2.75) is 0 Å². The zero-order valence-corrected chi connectivity index (χ0v) is 16.7. The lowest BCUT2D eigenvalue weighted by Gasteiger charge is -2.15. The third kappa shape index (κ3) is 2.78. The number of ether oxygens (including phenoxy) is 3. The van der Waals surface area contributed by atoms with E-state index in [1.54, 1.807) is 21.3 Å². The van der Waals surface area contributed by atoms with Crippen molar-refractivity contribution < 1.29 is 14.2 Å². The van der Waals surface area contributed by atoms with Crippen LogP contribution in [0.1, 0.15) is 0 Å². The molecule has 2 aromatic carbocycles. The topological polar surface area (TPSA) is 50.4 Å². The van der Waals surface area contributed by atoms with Gasteiger partial charge >= 0.3 is 0 Å². The second kappa shape index (κ2) is 6.96. The smallest absolute Gasteiger partial charge is 0.203 e. The predicted molar refractivity (Wildman–Crippen MR) is 110 cm³/mol. The van der Waals surface area contributed by atoms with Crippen LogP contribution in [0.3, 0.4) is 0 Å². The molecule has 0 aliphatic rings. The Morgan fingerprint density at radius 3 is 2.14 bits per heavy atom. The molecular formula is C22H23N3O3. The first-order chi connectivity index (χ1) is 13.6. The number of hydrogen-bond donors (Lipinski definition) is 0. The Hall–Kier alpha value is -3.41. The van der Waals surface area contributed by atoms with Crippen molar-refractivity contribution in [1.82, 2.24) is 14.1 Å². The minimum Gasteiger partial charge on any atom is -0.493 e. The van der Waals surface area contributed by atoms with E-state index in [0.29, 0.717) is 17.2 Å². The summed E-state index contributed by atoms with van der Waals surface area (Å²) in [6.07, 6.45) is 3.88. The van der Waals surface area contributed by atoms with Gasteiger partial charge in [0.05, 0.1) is 39.0 Å². The molecular weight excluding hydrogens is 354 g/mol.